The minimum absolute atomic E-state index is 0.0549. The topological polar surface area (TPSA) is 137 Å². The number of Topliss-reactive ketones (excluding diaryl/α,β-unsaturated/α-hetero) is 1. The zero-order chi connectivity index (χ0) is 26.9. The van der Waals surface area contributed by atoms with Gasteiger partial charge in [0.25, 0.3) is 11.8 Å². The molecule has 2 rings (SSSR count). The van der Waals surface area contributed by atoms with Crippen LogP contribution in [-0.2, 0) is 16.2 Å². The highest BCUT2D eigenvalue weighted by atomic mass is 16.3. The first-order valence-corrected chi connectivity index (χ1v) is 12.5. The van der Waals surface area contributed by atoms with Gasteiger partial charge in [0.1, 0.15) is 5.78 Å². The van der Waals surface area contributed by atoms with Crippen molar-refractivity contribution in [2.24, 2.45) is 4.99 Å². The Morgan fingerprint density at radius 3 is 1.89 bits per heavy atom. The number of nitrogens with zero attached hydrogens (tertiary/aromatic N) is 1. The fourth-order valence-electron chi connectivity index (χ4n) is 3.47. The minimum atomic E-state index is -0.248. The SMILES string of the molecule is CN=Cc1ccc(C(=O)NCCC(=O)CCC(=O)NCCCCCNC(=O)c2ccc(CO)cc2)cc1. The molecular weight excluding hydrogens is 472 g/mol. The summed E-state index contributed by atoms with van der Waals surface area (Å²) in [5, 5.41) is 17.4. The molecule has 0 bridgehead atoms. The van der Waals surface area contributed by atoms with Crippen molar-refractivity contribution < 1.29 is 24.3 Å². The molecule has 0 aliphatic rings. The second-order valence-corrected chi connectivity index (χ2v) is 8.58. The second-order valence-electron chi connectivity index (χ2n) is 8.58. The Balaban J connectivity index is 1.48. The number of carbonyl (C=O) groups is 4. The number of nitrogens with one attached hydrogen (secondary N) is 3. The van der Waals surface area contributed by atoms with E-state index in [0.29, 0.717) is 24.2 Å². The third kappa shape index (κ3) is 11.6. The lowest BCUT2D eigenvalue weighted by molar-refractivity contribution is -0.125. The smallest absolute Gasteiger partial charge is 0.251 e. The van der Waals surface area contributed by atoms with Gasteiger partial charge in [0.15, 0.2) is 0 Å². The standard InChI is InChI=1S/C28H36N4O5/c1-29-19-21-5-9-23(10-6-21)28(37)32-18-15-25(34)13-14-26(35)30-16-3-2-4-17-31-27(36)24-11-7-22(20-33)8-12-24/h5-12,19,33H,2-4,13-18,20H2,1H3,(H,30,35)(H,31,36)(H,32,37). The Morgan fingerprint density at radius 1 is 0.730 bits per heavy atom. The lowest BCUT2D eigenvalue weighted by Gasteiger charge is -2.07. The maximum atomic E-state index is 12.1. The maximum absolute atomic E-state index is 12.1. The van der Waals surface area contributed by atoms with Crippen molar-refractivity contribution in [3.63, 3.8) is 0 Å². The van der Waals surface area contributed by atoms with Gasteiger partial charge >= 0.3 is 0 Å². The summed E-state index contributed by atoms with van der Waals surface area (Å²) >= 11 is 0. The highest BCUT2D eigenvalue weighted by Crippen LogP contribution is 2.05. The summed E-state index contributed by atoms with van der Waals surface area (Å²) in [6, 6.07) is 13.8. The Hall–Kier alpha value is -3.85. The van der Waals surface area contributed by atoms with E-state index >= 15 is 0 Å². The van der Waals surface area contributed by atoms with E-state index in [1.165, 1.54) is 0 Å². The molecule has 9 nitrogen and oxygen atoms in total. The molecule has 9 heteroatoms. The summed E-state index contributed by atoms with van der Waals surface area (Å²) in [7, 11) is 1.68. The van der Waals surface area contributed by atoms with Gasteiger partial charge in [-0.2, -0.15) is 0 Å². The van der Waals surface area contributed by atoms with Gasteiger partial charge in [0.05, 0.1) is 6.61 Å². The molecule has 0 aliphatic carbocycles. The van der Waals surface area contributed by atoms with E-state index in [1.54, 1.807) is 61.8 Å². The predicted octanol–water partition coefficient (Wildman–Crippen LogP) is 2.41. The molecule has 37 heavy (non-hydrogen) atoms. The summed E-state index contributed by atoms with van der Waals surface area (Å²) in [5.41, 5.74) is 2.72. The number of benzene rings is 2. The number of carbonyl (C=O) groups excluding carboxylic acids is 4. The zero-order valence-corrected chi connectivity index (χ0v) is 21.3. The van der Waals surface area contributed by atoms with Crippen LogP contribution in [0.3, 0.4) is 0 Å². The molecule has 0 heterocycles. The van der Waals surface area contributed by atoms with Crippen molar-refractivity contribution in [3.8, 4) is 0 Å². The van der Waals surface area contributed by atoms with Crippen molar-refractivity contribution in [2.75, 3.05) is 26.7 Å². The summed E-state index contributed by atoms with van der Waals surface area (Å²) in [6.07, 6.45) is 4.54. The Kier molecular flexibility index (Phi) is 13.3. The van der Waals surface area contributed by atoms with E-state index in [0.717, 1.165) is 30.4 Å². The number of rotatable bonds is 16. The number of amides is 3. The highest BCUT2D eigenvalue weighted by Gasteiger charge is 2.09. The number of aliphatic imine (C=N–C) groups is 1. The average molecular weight is 509 g/mol. The Bertz CT molecular complexity index is 1050. The molecular formula is C28H36N4O5. The van der Waals surface area contributed by atoms with Gasteiger partial charge in [-0.15, -0.1) is 0 Å². The van der Waals surface area contributed by atoms with Crippen LogP contribution >= 0.6 is 0 Å². The van der Waals surface area contributed by atoms with E-state index < -0.39 is 0 Å². The summed E-state index contributed by atoms with van der Waals surface area (Å²) < 4.78 is 0. The zero-order valence-electron chi connectivity index (χ0n) is 21.3. The van der Waals surface area contributed by atoms with Crippen LogP contribution in [0.2, 0.25) is 0 Å². The number of ketones is 1. The van der Waals surface area contributed by atoms with Gasteiger partial charge in [0, 0.05) is 63.3 Å². The first kappa shape index (κ1) is 29.4. The molecule has 0 radical (unpaired) electrons. The van der Waals surface area contributed by atoms with Crippen LogP contribution in [0.1, 0.15) is 70.4 Å². The molecule has 3 amide bonds. The minimum Gasteiger partial charge on any atom is -0.392 e. The lowest BCUT2D eigenvalue weighted by atomic mass is 10.1. The van der Waals surface area contributed by atoms with Gasteiger partial charge in [0.2, 0.25) is 5.91 Å². The molecule has 0 atom stereocenters. The van der Waals surface area contributed by atoms with Crippen molar-refractivity contribution >= 4 is 29.7 Å². The van der Waals surface area contributed by atoms with E-state index in [9.17, 15) is 19.2 Å². The van der Waals surface area contributed by atoms with Gasteiger partial charge in [-0.05, 0) is 54.7 Å². The van der Waals surface area contributed by atoms with Crippen molar-refractivity contribution in [2.45, 2.75) is 45.1 Å². The molecule has 0 saturated heterocycles. The number of hydrogen-bond donors (Lipinski definition) is 4. The van der Waals surface area contributed by atoms with Crippen LogP contribution in [0.4, 0.5) is 0 Å². The van der Waals surface area contributed by atoms with Crippen molar-refractivity contribution in [1.82, 2.24) is 16.0 Å². The third-order valence-electron chi connectivity index (χ3n) is 5.63. The van der Waals surface area contributed by atoms with Crippen LogP contribution in [0.15, 0.2) is 53.5 Å². The predicted molar refractivity (Wildman–Crippen MR) is 143 cm³/mol. The highest BCUT2D eigenvalue weighted by molar-refractivity contribution is 5.95. The number of hydrogen-bond acceptors (Lipinski definition) is 6. The third-order valence-corrected chi connectivity index (χ3v) is 5.63. The van der Waals surface area contributed by atoms with Gasteiger partial charge < -0.3 is 21.1 Å². The average Bonchev–Trinajstić information content (AvgIpc) is 2.91. The number of unbranched alkanes of at least 4 members (excludes halogenated alkanes) is 2. The number of aliphatic hydroxyl groups is 1. The normalized spacial score (nSPS) is 10.8. The summed E-state index contributed by atoms with van der Waals surface area (Å²) in [5.74, 6) is -0.653. The van der Waals surface area contributed by atoms with Crippen molar-refractivity contribution in [1.29, 1.82) is 0 Å². The van der Waals surface area contributed by atoms with Crippen molar-refractivity contribution in [3.05, 3.63) is 70.8 Å². The fraction of sp³-hybridized carbons (Fsp3) is 0.393. The largest absolute Gasteiger partial charge is 0.392 e. The van der Waals surface area contributed by atoms with E-state index in [4.69, 9.17) is 5.11 Å². The van der Waals surface area contributed by atoms with Gasteiger partial charge in [-0.3, -0.25) is 24.2 Å². The molecule has 4 N–H and O–H groups in total. The molecule has 0 aromatic heterocycles. The molecule has 0 saturated carbocycles. The quantitative estimate of drug-likeness (QED) is 0.204. The van der Waals surface area contributed by atoms with Crippen LogP contribution < -0.4 is 16.0 Å². The van der Waals surface area contributed by atoms with Crippen LogP contribution in [0.25, 0.3) is 0 Å². The molecule has 0 spiro atoms. The molecule has 2 aromatic carbocycles. The first-order chi connectivity index (χ1) is 17.9. The van der Waals surface area contributed by atoms with Gasteiger partial charge in [-0.1, -0.05) is 24.3 Å². The van der Waals surface area contributed by atoms with Gasteiger partial charge in [-0.25, -0.2) is 0 Å². The summed E-state index contributed by atoms with van der Waals surface area (Å²) in [4.78, 5) is 52.1. The van der Waals surface area contributed by atoms with Crippen LogP contribution in [-0.4, -0.2) is 61.5 Å². The Labute approximate surface area is 217 Å². The monoisotopic (exact) mass is 508 g/mol. The second kappa shape index (κ2) is 16.8. The molecule has 0 unspecified atom stereocenters. The molecule has 0 aliphatic heterocycles. The maximum Gasteiger partial charge on any atom is 0.251 e. The molecule has 2 aromatic rings. The van der Waals surface area contributed by atoms with E-state index in [-0.39, 0.29) is 55.9 Å². The Morgan fingerprint density at radius 2 is 1.30 bits per heavy atom. The van der Waals surface area contributed by atoms with E-state index in [1.807, 2.05) is 0 Å². The first-order valence-electron chi connectivity index (χ1n) is 12.5. The fourth-order valence-corrected chi connectivity index (χ4v) is 3.47. The van der Waals surface area contributed by atoms with Crippen LogP contribution in [0, 0.1) is 0 Å². The molecule has 0 fully saturated rings. The van der Waals surface area contributed by atoms with Crippen LogP contribution in [0.5, 0.6) is 0 Å². The number of aliphatic hydroxyl groups excluding tert-OH is 1. The summed E-state index contributed by atoms with van der Waals surface area (Å²) in [6.45, 7) is 1.23. The lowest BCUT2D eigenvalue weighted by Crippen LogP contribution is -2.27. The molecule has 198 valence electrons. The van der Waals surface area contributed by atoms with E-state index in [2.05, 4.69) is 20.9 Å².